The first-order valence-corrected chi connectivity index (χ1v) is 14.2. The molecule has 0 aliphatic heterocycles. The van der Waals surface area contributed by atoms with Gasteiger partial charge in [-0.15, -0.1) is 10.2 Å². The fourth-order valence-electron chi connectivity index (χ4n) is 4.72. The minimum atomic E-state index is -0.455. The van der Waals surface area contributed by atoms with Crippen LogP contribution in [0.2, 0.25) is 0 Å². The van der Waals surface area contributed by atoms with Gasteiger partial charge in [-0.05, 0) is 29.3 Å². The van der Waals surface area contributed by atoms with Gasteiger partial charge in [0.2, 0.25) is 5.88 Å². The predicted octanol–water partition coefficient (Wildman–Crippen LogP) is 7.55. The number of amides is 1. The molecule has 0 spiro atoms. The van der Waals surface area contributed by atoms with E-state index in [0.29, 0.717) is 36.0 Å². The standard InChI is InChI=1S/C32H27N5O3S/c38-29(21-41-32-33-26-16-8-10-18-28(26)40-32)34-35-30-25-15-7-9-17-27(25)37(31(30)39)22-36(19-23-11-3-1-4-12-23)20-24-13-5-2-6-14-24/h1-18,39H,19-22H2. The third kappa shape index (κ3) is 6.21. The molecule has 2 aromatic heterocycles. The van der Waals surface area contributed by atoms with Gasteiger partial charge >= 0.3 is 0 Å². The molecule has 0 fully saturated rings. The summed E-state index contributed by atoms with van der Waals surface area (Å²) in [4.78, 5) is 19.2. The van der Waals surface area contributed by atoms with E-state index >= 15 is 0 Å². The minimum Gasteiger partial charge on any atom is -0.493 e. The minimum absolute atomic E-state index is 0.0116. The van der Waals surface area contributed by atoms with Crippen molar-refractivity contribution in [3.05, 3.63) is 120 Å². The Labute approximate surface area is 241 Å². The van der Waals surface area contributed by atoms with Crippen molar-refractivity contribution in [3.63, 3.8) is 0 Å². The third-order valence-electron chi connectivity index (χ3n) is 6.61. The van der Waals surface area contributed by atoms with Crippen molar-refractivity contribution >= 4 is 45.4 Å². The number of aromatic nitrogens is 2. The van der Waals surface area contributed by atoms with E-state index in [1.54, 1.807) is 0 Å². The van der Waals surface area contributed by atoms with Gasteiger partial charge in [-0.3, -0.25) is 14.3 Å². The molecule has 1 N–H and O–H groups in total. The molecule has 2 heterocycles. The highest BCUT2D eigenvalue weighted by Crippen LogP contribution is 2.39. The van der Waals surface area contributed by atoms with E-state index in [2.05, 4.69) is 44.4 Å². The molecular formula is C32H27N5O3S. The Morgan fingerprint density at radius 2 is 1.49 bits per heavy atom. The zero-order valence-electron chi connectivity index (χ0n) is 22.1. The Kier molecular flexibility index (Phi) is 7.88. The maximum Gasteiger partial charge on any atom is 0.275 e. The normalized spacial score (nSPS) is 11.7. The van der Waals surface area contributed by atoms with Crippen LogP contribution in [0, 0.1) is 0 Å². The molecule has 0 radical (unpaired) electrons. The van der Waals surface area contributed by atoms with Crippen molar-refractivity contribution in [1.29, 1.82) is 0 Å². The molecular weight excluding hydrogens is 534 g/mol. The molecule has 0 saturated heterocycles. The SMILES string of the molecule is O=C(CSc1nc2ccccc2o1)N=Nc1c(O)n(CN(Cc2ccccc2)Cc2ccccc2)c2ccccc12. The average molecular weight is 562 g/mol. The fraction of sp³-hybridized carbons (Fsp3) is 0.125. The van der Waals surface area contributed by atoms with Crippen molar-refractivity contribution in [2.75, 3.05) is 5.75 Å². The van der Waals surface area contributed by atoms with Crippen molar-refractivity contribution in [2.24, 2.45) is 10.2 Å². The summed E-state index contributed by atoms with van der Waals surface area (Å²) in [6.07, 6.45) is 0. The maximum atomic E-state index is 12.6. The van der Waals surface area contributed by atoms with E-state index in [4.69, 9.17) is 4.42 Å². The number of azo groups is 1. The zero-order chi connectivity index (χ0) is 28.0. The lowest BCUT2D eigenvalue weighted by Gasteiger charge is -2.24. The van der Waals surface area contributed by atoms with Crippen LogP contribution < -0.4 is 0 Å². The largest absolute Gasteiger partial charge is 0.493 e. The van der Waals surface area contributed by atoms with Gasteiger partial charge in [0.25, 0.3) is 11.1 Å². The highest BCUT2D eigenvalue weighted by molar-refractivity contribution is 7.99. The smallest absolute Gasteiger partial charge is 0.275 e. The highest BCUT2D eigenvalue weighted by atomic mass is 32.2. The lowest BCUT2D eigenvalue weighted by Crippen LogP contribution is -2.25. The molecule has 8 nitrogen and oxygen atoms in total. The summed E-state index contributed by atoms with van der Waals surface area (Å²) in [5, 5.41) is 20.6. The number of carbonyl (C=O) groups is 1. The molecule has 0 saturated carbocycles. The molecule has 0 aliphatic rings. The number of rotatable bonds is 10. The quantitative estimate of drug-likeness (QED) is 0.137. The summed E-state index contributed by atoms with van der Waals surface area (Å²) >= 11 is 1.16. The second-order valence-electron chi connectivity index (χ2n) is 9.55. The van der Waals surface area contributed by atoms with Gasteiger partial charge in [-0.1, -0.05) is 103 Å². The molecule has 0 aliphatic carbocycles. The average Bonchev–Trinajstić information content (AvgIpc) is 3.54. The van der Waals surface area contributed by atoms with E-state index in [1.165, 1.54) is 11.1 Å². The molecule has 204 valence electrons. The van der Waals surface area contributed by atoms with Crippen LogP contribution in [-0.4, -0.2) is 31.2 Å². The van der Waals surface area contributed by atoms with E-state index in [-0.39, 0.29) is 17.3 Å². The number of fused-ring (bicyclic) bond motifs is 2. The van der Waals surface area contributed by atoms with Crippen LogP contribution in [-0.2, 0) is 24.6 Å². The number of oxazole rings is 1. The number of aromatic hydroxyl groups is 1. The van der Waals surface area contributed by atoms with Gasteiger partial charge in [0, 0.05) is 18.5 Å². The number of para-hydroxylation sites is 3. The van der Waals surface area contributed by atoms with Gasteiger partial charge in [0.1, 0.15) is 5.52 Å². The summed E-state index contributed by atoms with van der Waals surface area (Å²) in [6.45, 7) is 1.78. The summed E-state index contributed by atoms with van der Waals surface area (Å²) in [7, 11) is 0. The number of nitrogens with zero attached hydrogens (tertiary/aromatic N) is 5. The Bertz CT molecular complexity index is 1740. The summed E-state index contributed by atoms with van der Waals surface area (Å²) in [6, 6.07) is 35.5. The summed E-state index contributed by atoms with van der Waals surface area (Å²) in [5.74, 6) is -0.485. The molecule has 41 heavy (non-hydrogen) atoms. The van der Waals surface area contributed by atoms with Crippen LogP contribution in [0.5, 0.6) is 5.88 Å². The molecule has 6 rings (SSSR count). The second kappa shape index (κ2) is 12.2. The van der Waals surface area contributed by atoms with Crippen molar-refractivity contribution in [2.45, 2.75) is 25.0 Å². The molecule has 0 bridgehead atoms. The van der Waals surface area contributed by atoms with Crippen molar-refractivity contribution in [3.8, 4) is 5.88 Å². The van der Waals surface area contributed by atoms with Crippen LogP contribution in [0.3, 0.4) is 0 Å². The van der Waals surface area contributed by atoms with E-state index < -0.39 is 5.91 Å². The maximum absolute atomic E-state index is 12.6. The first-order valence-electron chi connectivity index (χ1n) is 13.2. The molecule has 9 heteroatoms. The van der Waals surface area contributed by atoms with Crippen molar-refractivity contribution < 1.29 is 14.3 Å². The van der Waals surface area contributed by atoms with Crippen LogP contribution in [0.1, 0.15) is 11.1 Å². The van der Waals surface area contributed by atoms with Gasteiger partial charge < -0.3 is 9.52 Å². The van der Waals surface area contributed by atoms with E-state index in [1.807, 2.05) is 89.5 Å². The molecule has 1 amide bonds. The van der Waals surface area contributed by atoms with Gasteiger partial charge in [-0.2, -0.15) is 0 Å². The topological polar surface area (TPSA) is 96.2 Å². The highest BCUT2D eigenvalue weighted by Gasteiger charge is 2.19. The fourth-order valence-corrected chi connectivity index (χ4v) is 5.34. The molecule has 6 aromatic rings. The number of hydrogen-bond acceptors (Lipinski definition) is 7. The summed E-state index contributed by atoms with van der Waals surface area (Å²) in [5.41, 5.74) is 4.80. The van der Waals surface area contributed by atoms with Crippen LogP contribution in [0.25, 0.3) is 22.0 Å². The van der Waals surface area contributed by atoms with Crippen LogP contribution >= 0.6 is 11.8 Å². The van der Waals surface area contributed by atoms with Gasteiger partial charge in [0.05, 0.1) is 17.9 Å². The van der Waals surface area contributed by atoms with Crippen molar-refractivity contribution in [1.82, 2.24) is 14.5 Å². The van der Waals surface area contributed by atoms with Crippen LogP contribution in [0.15, 0.2) is 129 Å². The third-order valence-corrected chi connectivity index (χ3v) is 7.42. The number of benzene rings is 4. The van der Waals surface area contributed by atoms with E-state index in [9.17, 15) is 9.90 Å². The second-order valence-corrected chi connectivity index (χ2v) is 10.5. The van der Waals surface area contributed by atoms with Gasteiger partial charge in [-0.25, -0.2) is 4.98 Å². The Morgan fingerprint density at radius 1 is 0.854 bits per heavy atom. The Balaban J connectivity index is 1.23. The summed E-state index contributed by atoms with van der Waals surface area (Å²) < 4.78 is 7.48. The van der Waals surface area contributed by atoms with Crippen LogP contribution in [0.4, 0.5) is 5.69 Å². The first-order chi connectivity index (χ1) is 20.1. The molecule has 0 atom stereocenters. The lowest BCUT2D eigenvalue weighted by molar-refractivity contribution is -0.115. The van der Waals surface area contributed by atoms with Gasteiger partial charge in [0.15, 0.2) is 11.3 Å². The predicted molar refractivity (Wildman–Crippen MR) is 160 cm³/mol. The zero-order valence-corrected chi connectivity index (χ0v) is 22.9. The first kappa shape index (κ1) is 26.5. The monoisotopic (exact) mass is 561 g/mol. The lowest BCUT2D eigenvalue weighted by atomic mass is 10.2. The number of carbonyl (C=O) groups excluding carboxylic acids is 1. The molecule has 4 aromatic carbocycles. The Hall–Kier alpha value is -4.73. The number of thioether (sulfide) groups is 1. The van der Waals surface area contributed by atoms with E-state index in [0.717, 1.165) is 22.8 Å². The Morgan fingerprint density at radius 3 is 2.20 bits per heavy atom. The molecule has 0 unspecified atom stereocenters. The number of hydrogen-bond donors (Lipinski definition) is 1.